The molecule has 0 atom stereocenters. The van der Waals surface area contributed by atoms with Crippen LogP contribution in [0.15, 0.2) is 16.7 Å². The molecule has 0 unspecified atom stereocenters. The van der Waals surface area contributed by atoms with Gasteiger partial charge in [0.15, 0.2) is 0 Å². The summed E-state index contributed by atoms with van der Waals surface area (Å²) in [6.07, 6.45) is 1.40. The summed E-state index contributed by atoms with van der Waals surface area (Å²) in [5.41, 5.74) is 0.418. The van der Waals surface area contributed by atoms with Crippen molar-refractivity contribution in [1.82, 2.24) is 4.90 Å². The van der Waals surface area contributed by atoms with Gasteiger partial charge in [0.05, 0.1) is 11.8 Å². The van der Waals surface area contributed by atoms with Crippen LogP contribution < -0.4 is 0 Å². The van der Waals surface area contributed by atoms with Crippen LogP contribution in [0.5, 0.6) is 0 Å². The molecule has 0 spiro atoms. The largest absolute Gasteiger partial charge is 0.452 e. The molecule has 12 heavy (non-hydrogen) atoms. The standard InChI is InChI=1S/C8H10ClNO2/c1-3-10(2)8(11)6-4-5-12-7(6)9/h4-5H,3H2,1-2H3. The van der Waals surface area contributed by atoms with Gasteiger partial charge in [0.2, 0.25) is 5.22 Å². The van der Waals surface area contributed by atoms with Crippen molar-refractivity contribution in [2.24, 2.45) is 0 Å². The van der Waals surface area contributed by atoms with Crippen LogP contribution in [0.3, 0.4) is 0 Å². The quantitative estimate of drug-likeness (QED) is 0.710. The number of hydrogen-bond donors (Lipinski definition) is 0. The van der Waals surface area contributed by atoms with Crippen molar-refractivity contribution in [2.75, 3.05) is 13.6 Å². The van der Waals surface area contributed by atoms with Gasteiger partial charge in [-0.05, 0) is 24.6 Å². The molecule has 0 aliphatic carbocycles. The Morgan fingerprint density at radius 3 is 2.83 bits per heavy atom. The molecule has 0 radical (unpaired) electrons. The van der Waals surface area contributed by atoms with Gasteiger partial charge < -0.3 is 9.32 Å². The third-order valence-corrected chi connectivity index (χ3v) is 1.96. The minimum absolute atomic E-state index is 0.115. The number of furan rings is 1. The van der Waals surface area contributed by atoms with Gasteiger partial charge in [-0.15, -0.1) is 0 Å². The van der Waals surface area contributed by atoms with E-state index in [2.05, 4.69) is 0 Å². The van der Waals surface area contributed by atoms with Crippen molar-refractivity contribution in [2.45, 2.75) is 6.92 Å². The van der Waals surface area contributed by atoms with Crippen molar-refractivity contribution in [1.29, 1.82) is 0 Å². The predicted molar refractivity (Wildman–Crippen MR) is 46.4 cm³/mol. The summed E-state index contributed by atoms with van der Waals surface area (Å²) in [7, 11) is 1.71. The number of carbonyl (C=O) groups is 1. The summed E-state index contributed by atoms with van der Waals surface area (Å²) >= 11 is 5.62. The number of hydrogen-bond acceptors (Lipinski definition) is 2. The second-order valence-corrected chi connectivity index (χ2v) is 2.77. The van der Waals surface area contributed by atoms with Gasteiger partial charge in [-0.1, -0.05) is 0 Å². The first-order valence-corrected chi connectivity index (χ1v) is 4.03. The van der Waals surface area contributed by atoms with Crippen LogP contribution in [-0.2, 0) is 0 Å². The molecule has 0 saturated carbocycles. The molecular weight excluding hydrogens is 178 g/mol. The summed E-state index contributed by atoms with van der Waals surface area (Å²) in [6.45, 7) is 2.55. The number of amides is 1. The lowest BCUT2D eigenvalue weighted by Gasteiger charge is -2.12. The Morgan fingerprint density at radius 1 is 1.75 bits per heavy atom. The number of halogens is 1. The van der Waals surface area contributed by atoms with E-state index in [9.17, 15) is 4.79 Å². The van der Waals surface area contributed by atoms with E-state index in [1.54, 1.807) is 18.0 Å². The summed E-state index contributed by atoms with van der Waals surface area (Å²) in [6, 6.07) is 1.57. The molecule has 1 rings (SSSR count). The van der Waals surface area contributed by atoms with Crippen LogP contribution >= 0.6 is 11.6 Å². The van der Waals surface area contributed by atoms with Crippen molar-refractivity contribution in [3.8, 4) is 0 Å². The Bertz CT molecular complexity index is 282. The molecule has 0 bridgehead atoms. The molecule has 0 fully saturated rings. The summed E-state index contributed by atoms with van der Waals surface area (Å²) in [5.74, 6) is -0.115. The highest BCUT2D eigenvalue weighted by Gasteiger charge is 2.15. The number of rotatable bonds is 2. The highest BCUT2D eigenvalue weighted by Crippen LogP contribution is 2.17. The van der Waals surface area contributed by atoms with Crippen LogP contribution in [0.4, 0.5) is 0 Å². The smallest absolute Gasteiger partial charge is 0.258 e. The molecule has 0 aliphatic rings. The van der Waals surface area contributed by atoms with Gasteiger partial charge in [-0.2, -0.15) is 0 Å². The fraction of sp³-hybridized carbons (Fsp3) is 0.375. The lowest BCUT2D eigenvalue weighted by Crippen LogP contribution is -2.25. The van der Waals surface area contributed by atoms with Crippen molar-refractivity contribution in [3.63, 3.8) is 0 Å². The Balaban J connectivity index is 2.85. The van der Waals surface area contributed by atoms with E-state index >= 15 is 0 Å². The Labute approximate surface area is 75.9 Å². The molecule has 3 nitrogen and oxygen atoms in total. The van der Waals surface area contributed by atoms with Crippen LogP contribution in [0.2, 0.25) is 5.22 Å². The van der Waals surface area contributed by atoms with Gasteiger partial charge in [0, 0.05) is 13.6 Å². The Hall–Kier alpha value is -0.960. The molecular formula is C8H10ClNO2. The Morgan fingerprint density at radius 2 is 2.42 bits per heavy atom. The van der Waals surface area contributed by atoms with Crippen LogP contribution in [-0.4, -0.2) is 24.4 Å². The molecule has 1 aromatic heterocycles. The second kappa shape index (κ2) is 3.63. The average Bonchev–Trinajstić information content (AvgIpc) is 2.48. The second-order valence-electron chi connectivity index (χ2n) is 2.43. The zero-order valence-electron chi connectivity index (χ0n) is 7.00. The van der Waals surface area contributed by atoms with Crippen LogP contribution in [0, 0.1) is 0 Å². The highest BCUT2D eigenvalue weighted by atomic mass is 35.5. The van der Waals surface area contributed by atoms with Crippen molar-refractivity contribution < 1.29 is 9.21 Å². The first-order valence-electron chi connectivity index (χ1n) is 3.65. The monoisotopic (exact) mass is 187 g/mol. The maximum atomic E-state index is 11.4. The van der Waals surface area contributed by atoms with E-state index in [0.29, 0.717) is 12.1 Å². The number of nitrogens with zero attached hydrogens (tertiary/aromatic N) is 1. The molecule has 66 valence electrons. The van der Waals surface area contributed by atoms with Gasteiger partial charge in [-0.25, -0.2) is 0 Å². The molecule has 4 heteroatoms. The lowest BCUT2D eigenvalue weighted by molar-refractivity contribution is 0.0802. The van der Waals surface area contributed by atoms with Crippen molar-refractivity contribution >= 4 is 17.5 Å². The minimum Gasteiger partial charge on any atom is -0.452 e. The van der Waals surface area contributed by atoms with Gasteiger partial charge in [0.25, 0.3) is 5.91 Å². The van der Waals surface area contributed by atoms with Gasteiger partial charge in [-0.3, -0.25) is 4.79 Å². The van der Waals surface area contributed by atoms with Gasteiger partial charge >= 0.3 is 0 Å². The van der Waals surface area contributed by atoms with Gasteiger partial charge in [0.1, 0.15) is 0 Å². The van der Waals surface area contributed by atoms with E-state index in [-0.39, 0.29) is 11.1 Å². The van der Waals surface area contributed by atoms with E-state index in [1.165, 1.54) is 6.26 Å². The first kappa shape index (κ1) is 9.13. The van der Waals surface area contributed by atoms with E-state index in [4.69, 9.17) is 16.0 Å². The van der Waals surface area contributed by atoms with E-state index in [1.807, 2.05) is 6.92 Å². The van der Waals surface area contributed by atoms with Crippen LogP contribution in [0.1, 0.15) is 17.3 Å². The molecule has 0 aromatic carbocycles. The highest BCUT2D eigenvalue weighted by molar-refractivity contribution is 6.32. The maximum absolute atomic E-state index is 11.4. The van der Waals surface area contributed by atoms with Crippen molar-refractivity contribution in [3.05, 3.63) is 23.1 Å². The molecule has 0 N–H and O–H groups in total. The van der Waals surface area contributed by atoms with Crippen LogP contribution in [0.25, 0.3) is 0 Å². The molecule has 0 aliphatic heterocycles. The van der Waals surface area contributed by atoms with E-state index < -0.39 is 0 Å². The zero-order valence-corrected chi connectivity index (χ0v) is 7.76. The number of carbonyl (C=O) groups excluding carboxylic acids is 1. The summed E-state index contributed by atoms with van der Waals surface area (Å²) < 4.78 is 4.80. The fourth-order valence-corrected chi connectivity index (χ4v) is 0.991. The average molecular weight is 188 g/mol. The lowest BCUT2D eigenvalue weighted by atomic mass is 10.3. The zero-order chi connectivity index (χ0) is 9.14. The summed E-state index contributed by atoms with van der Waals surface area (Å²) in [4.78, 5) is 13.0. The maximum Gasteiger partial charge on any atom is 0.258 e. The normalized spacial score (nSPS) is 9.92. The molecule has 0 saturated heterocycles. The molecule has 1 aromatic rings. The summed E-state index contributed by atoms with van der Waals surface area (Å²) in [5, 5.41) is 0.153. The molecule has 1 heterocycles. The fourth-order valence-electron chi connectivity index (χ4n) is 0.795. The third kappa shape index (κ3) is 1.61. The topological polar surface area (TPSA) is 33.5 Å². The van der Waals surface area contributed by atoms with E-state index in [0.717, 1.165) is 0 Å². The minimum atomic E-state index is -0.115. The predicted octanol–water partition coefficient (Wildman–Crippen LogP) is 2.02. The SMILES string of the molecule is CCN(C)C(=O)c1ccoc1Cl. The first-order chi connectivity index (χ1) is 5.66. The third-order valence-electron chi connectivity index (χ3n) is 1.67. The molecule has 1 amide bonds. The Kier molecular flexibility index (Phi) is 2.76.